The molecule has 0 aliphatic rings. The van der Waals surface area contributed by atoms with Crippen LogP contribution in [0, 0.1) is 0 Å². The van der Waals surface area contributed by atoms with Gasteiger partial charge in [-0.3, -0.25) is 9.69 Å². The third-order valence-corrected chi connectivity index (χ3v) is 3.60. The molecule has 1 aromatic carbocycles. The number of amides is 1. The minimum absolute atomic E-state index is 0.0200. The van der Waals surface area contributed by atoms with Gasteiger partial charge in [0.05, 0.1) is 23.6 Å². The van der Waals surface area contributed by atoms with Gasteiger partial charge in [-0.1, -0.05) is 19.9 Å². The van der Waals surface area contributed by atoms with E-state index in [4.69, 9.17) is 0 Å². The first-order chi connectivity index (χ1) is 10.2. The summed E-state index contributed by atoms with van der Waals surface area (Å²) in [6, 6.07) is 5.61. The lowest BCUT2D eigenvalue weighted by Crippen LogP contribution is -2.46. The topological polar surface area (TPSA) is 61.0 Å². The van der Waals surface area contributed by atoms with Crippen LogP contribution in [0.25, 0.3) is 11.0 Å². The molecule has 0 spiro atoms. The van der Waals surface area contributed by atoms with Gasteiger partial charge < -0.3 is 10.3 Å². The fourth-order valence-electron chi connectivity index (χ4n) is 2.58. The Morgan fingerprint density at radius 2 is 2.05 bits per heavy atom. The van der Waals surface area contributed by atoms with Crippen molar-refractivity contribution in [3.63, 3.8) is 0 Å². The Kier molecular flexibility index (Phi) is 5.33. The maximum absolute atomic E-state index is 12.5. The molecule has 114 valence electrons. The molecule has 1 aromatic heterocycles. The molecule has 5 nitrogen and oxygen atoms in total. The summed E-state index contributed by atoms with van der Waals surface area (Å²) in [4.78, 5) is 22.0. The molecule has 2 aromatic rings. The lowest BCUT2D eigenvalue weighted by molar-refractivity contribution is 0.0865. The van der Waals surface area contributed by atoms with Gasteiger partial charge in [-0.05, 0) is 45.0 Å². The summed E-state index contributed by atoms with van der Waals surface area (Å²) in [6.07, 6.45) is 3.79. The molecular formula is C16H24N4O. The Bertz CT molecular complexity index is 587. The van der Waals surface area contributed by atoms with Crippen LogP contribution in [0.5, 0.6) is 0 Å². The molecular weight excluding hydrogens is 264 g/mol. The first-order valence-corrected chi connectivity index (χ1v) is 7.64. The normalized spacial score (nSPS) is 12.8. The fraction of sp³-hybridized carbons (Fsp3) is 0.500. The van der Waals surface area contributed by atoms with Gasteiger partial charge in [-0.15, -0.1) is 0 Å². The number of nitrogens with one attached hydrogen (secondary N) is 2. The summed E-state index contributed by atoms with van der Waals surface area (Å²) < 4.78 is 0. The molecule has 0 aliphatic carbocycles. The van der Waals surface area contributed by atoms with Crippen molar-refractivity contribution < 1.29 is 4.79 Å². The number of hydrogen-bond acceptors (Lipinski definition) is 3. The molecule has 0 bridgehead atoms. The molecule has 21 heavy (non-hydrogen) atoms. The minimum Gasteiger partial charge on any atom is -0.345 e. The van der Waals surface area contributed by atoms with Crippen molar-refractivity contribution >= 4 is 16.9 Å². The van der Waals surface area contributed by atoms with E-state index in [-0.39, 0.29) is 12.1 Å². The van der Waals surface area contributed by atoms with E-state index in [1.54, 1.807) is 6.33 Å². The summed E-state index contributed by atoms with van der Waals surface area (Å²) in [5.74, 6) is -0.0718. The number of aromatic amines is 1. The van der Waals surface area contributed by atoms with E-state index in [9.17, 15) is 4.79 Å². The second-order valence-electron chi connectivity index (χ2n) is 5.29. The van der Waals surface area contributed by atoms with Crippen molar-refractivity contribution in [2.75, 3.05) is 13.1 Å². The average molecular weight is 288 g/mol. The third-order valence-electron chi connectivity index (χ3n) is 3.60. The first-order valence-electron chi connectivity index (χ1n) is 7.64. The van der Waals surface area contributed by atoms with Crippen molar-refractivity contribution in [2.45, 2.75) is 39.8 Å². The van der Waals surface area contributed by atoms with Crippen LogP contribution in [0.2, 0.25) is 0 Å². The zero-order valence-corrected chi connectivity index (χ0v) is 13.0. The maximum Gasteiger partial charge on any atom is 0.254 e. The van der Waals surface area contributed by atoms with Gasteiger partial charge in [-0.2, -0.15) is 0 Å². The first kappa shape index (κ1) is 15.5. The van der Waals surface area contributed by atoms with Gasteiger partial charge in [0, 0.05) is 0 Å². The van der Waals surface area contributed by atoms with Crippen molar-refractivity contribution in [1.82, 2.24) is 20.2 Å². The highest BCUT2D eigenvalue weighted by molar-refractivity contribution is 6.04. The molecule has 1 amide bonds. The molecule has 0 saturated carbocycles. The number of aromatic nitrogens is 2. The fourth-order valence-corrected chi connectivity index (χ4v) is 2.58. The van der Waals surface area contributed by atoms with E-state index in [0.29, 0.717) is 5.56 Å². The number of benzene rings is 1. The van der Waals surface area contributed by atoms with Gasteiger partial charge in [0.1, 0.15) is 5.52 Å². The maximum atomic E-state index is 12.5. The van der Waals surface area contributed by atoms with Gasteiger partial charge in [-0.25, -0.2) is 4.98 Å². The van der Waals surface area contributed by atoms with E-state index in [2.05, 4.69) is 34.0 Å². The molecule has 0 saturated heterocycles. The summed E-state index contributed by atoms with van der Waals surface area (Å²) in [5, 5.41) is 3.08. The number of carbonyl (C=O) groups is 1. The highest BCUT2D eigenvalue weighted by atomic mass is 16.1. The van der Waals surface area contributed by atoms with E-state index >= 15 is 0 Å². The molecule has 1 atom stereocenters. The Hall–Kier alpha value is -1.88. The van der Waals surface area contributed by atoms with Gasteiger partial charge >= 0.3 is 0 Å². The number of nitrogens with zero attached hydrogens (tertiary/aromatic N) is 2. The van der Waals surface area contributed by atoms with Gasteiger partial charge in [0.15, 0.2) is 0 Å². The van der Waals surface area contributed by atoms with Crippen LogP contribution in [0.3, 0.4) is 0 Å². The molecule has 2 rings (SSSR count). The van der Waals surface area contributed by atoms with E-state index < -0.39 is 0 Å². The monoisotopic (exact) mass is 288 g/mol. The highest BCUT2D eigenvalue weighted by Crippen LogP contribution is 2.14. The smallest absolute Gasteiger partial charge is 0.254 e. The van der Waals surface area contributed by atoms with Crippen molar-refractivity contribution in [3.05, 3.63) is 30.1 Å². The molecule has 5 heteroatoms. The molecule has 2 N–H and O–H groups in total. The summed E-state index contributed by atoms with van der Waals surface area (Å²) >= 11 is 0. The quantitative estimate of drug-likeness (QED) is 0.770. The number of carbonyl (C=O) groups excluding carboxylic acids is 1. The Labute approximate surface area is 125 Å². The van der Waals surface area contributed by atoms with Crippen LogP contribution in [-0.2, 0) is 0 Å². The molecule has 1 unspecified atom stereocenters. The number of fused-ring (bicyclic) bond motifs is 1. The van der Waals surface area contributed by atoms with E-state index in [0.717, 1.165) is 37.0 Å². The van der Waals surface area contributed by atoms with E-state index in [1.165, 1.54) is 0 Å². The average Bonchev–Trinajstić information content (AvgIpc) is 2.95. The Morgan fingerprint density at radius 3 is 2.71 bits per heavy atom. The van der Waals surface area contributed by atoms with Crippen molar-refractivity contribution in [2.24, 2.45) is 0 Å². The lowest BCUT2D eigenvalue weighted by Gasteiger charge is -2.29. The van der Waals surface area contributed by atoms with Crippen LogP contribution in [0.15, 0.2) is 24.5 Å². The standard InChI is InChI=1S/C16H24N4O/c1-4-9-20(10-5-2)12(3)19-16(21)13-7-6-8-14-15(13)18-11-17-14/h6-8,11-12H,4-5,9-10H2,1-3H3,(H,17,18)(H,19,21). The number of hydrogen-bond donors (Lipinski definition) is 2. The molecule has 0 radical (unpaired) electrons. The van der Waals surface area contributed by atoms with Crippen LogP contribution in [0.4, 0.5) is 0 Å². The summed E-state index contributed by atoms with van der Waals surface area (Å²) in [5.41, 5.74) is 2.22. The largest absolute Gasteiger partial charge is 0.345 e. The SMILES string of the molecule is CCCN(CCC)C(C)NC(=O)c1cccc2[nH]cnc12. The van der Waals surface area contributed by atoms with Crippen molar-refractivity contribution in [1.29, 1.82) is 0 Å². The second-order valence-corrected chi connectivity index (χ2v) is 5.29. The number of H-pyrrole nitrogens is 1. The molecule has 0 aliphatic heterocycles. The summed E-state index contributed by atoms with van der Waals surface area (Å²) in [7, 11) is 0. The Balaban J connectivity index is 2.11. The molecule has 1 heterocycles. The van der Waals surface area contributed by atoms with Crippen molar-refractivity contribution in [3.8, 4) is 0 Å². The number of imidazole rings is 1. The Morgan fingerprint density at radius 1 is 1.33 bits per heavy atom. The predicted octanol–water partition coefficient (Wildman–Crippen LogP) is 2.76. The number of rotatable bonds is 7. The van der Waals surface area contributed by atoms with Gasteiger partial charge in [0.2, 0.25) is 0 Å². The lowest BCUT2D eigenvalue weighted by atomic mass is 10.1. The van der Waals surface area contributed by atoms with Crippen LogP contribution >= 0.6 is 0 Å². The zero-order chi connectivity index (χ0) is 15.2. The predicted molar refractivity (Wildman–Crippen MR) is 85.2 cm³/mol. The third kappa shape index (κ3) is 3.61. The number of para-hydroxylation sites is 1. The van der Waals surface area contributed by atoms with E-state index in [1.807, 2.05) is 25.1 Å². The van der Waals surface area contributed by atoms with Crippen LogP contribution in [0.1, 0.15) is 44.0 Å². The van der Waals surface area contributed by atoms with Gasteiger partial charge in [0.25, 0.3) is 5.91 Å². The molecule has 0 fully saturated rings. The van der Waals surface area contributed by atoms with Crippen LogP contribution < -0.4 is 5.32 Å². The minimum atomic E-state index is -0.0718. The summed E-state index contributed by atoms with van der Waals surface area (Å²) in [6.45, 7) is 8.32. The zero-order valence-electron chi connectivity index (χ0n) is 13.0. The van der Waals surface area contributed by atoms with Crippen LogP contribution in [-0.4, -0.2) is 40.0 Å². The highest BCUT2D eigenvalue weighted by Gasteiger charge is 2.17. The second kappa shape index (κ2) is 7.22.